The van der Waals surface area contributed by atoms with Gasteiger partial charge >= 0.3 is 6.09 Å². The largest absolute Gasteiger partial charge is 0.444 e. The van der Waals surface area contributed by atoms with Crippen LogP contribution in [0.2, 0.25) is 0 Å². The van der Waals surface area contributed by atoms with Crippen LogP contribution < -0.4 is 15.8 Å². The number of H-pyrrole nitrogens is 1. The van der Waals surface area contributed by atoms with Gasteiger partial charge in [-0.15, -0.1) is 0 Å². The molecule has 7 heteroatoms. The number of carbonyl (C=O) groups is 1. The van der Waals surface area contributed by atoms with Crippen molar-refractivity contribution in [2.75, 3.05) is 18.0 Å². The molecule has 1 aromatic rings. The molecule has 122 valence electrons. The molecule has 2 rings (SSSR count). The second-order valence-electron chi connectivity index (χ2n) is 6.68. The molecule has 22 heavy (non-hydrogen) atoms. The summed E-state index contributed by atoms with van der Waals surface area (Å²) in [7, 11) is 0. The van der Waals surface area contributed by atoms with Crippen LogP contribution in [0.25, 0.3) is 0 Å². The number of aryl methyl sites for hydroxylation is 1. The Bertz CT molecular complexity index is 618. The van der Waals surface area contributed by atoms with Gasteiger partial charge in [0.15, 0.2) is 0 Å². The van der Waals surface area contributed by atoms with Crippen molar-refractivity contribution >= 4 is 12.0 Å². The number of rotatable bonds is 2. The molecule has 1 aliphatic rings. The predicted molar refractivity (Wildman–Crippen MR) is 84.3 cm³/mol. The standard InChI is InChI=1S/C15H24N4O3/c1-9-10(2)16-13(18-12(9)20)19-7-6-11(8-19)17-14(21)22-15(3,4)5/h11H,6-8H2,1-5H3,(H,17,21)(H,16,18,20)/t11-/m0/s1. The van der Waals surface area contributed by atoms with Gasteiger partial charge in [0.25, 0.3) is 5.56 Å². The van der Waals surface area contributed by atoms with E-state index in [1.54, 1.807) is 6.92 Å². The molecule has 1 aromatic heterocycles. The number of ether oxygens (including phenoxy) is 1. The lowest BCUT2D eigenvalue weighted by Crippen LogP contribution is -2.40. The van der Waals surface area contributed by atoms with E-state index >= 15 is 0 Å². The molecule has 7 nitrogen and oxygen atoms in total. The van der Waals surface area contributed by atoms with E-state index in [9.17, 15) is 9.59 Å². The highest BCUT2D eigenvalue weighted by Gasteiger charge is 2.27. The Kier molecular flexibility index (Phi) is 4.44. The van der Waals surface area contributed by atoms with Gasteiger partial charge in [-0.3, -0.25) is 9.78 Å². The second-order valence-corrected chi connectivity index (χ2v) is 6.68. The minimum Gasteiger partial charge on any atom is -0.444 e. The Hall–Kier alpha value is -2.05. The summed E-state index contributed by atoms with van der Waals surface area (Å²) in [6.07, 6.45) is 0.372. The average molecular weight is 308 g/mol. The molecule has 0 radical (unpaired) electrons. The highest BCUT2D eigenvalue weighted by atomic mass is 16.6. The van der Waals surface area contributed by atoms with Crippen molar-refractivity contribution in [3.8, 4) is 0 Å². The van der Waals surface area contributed by atoms with Gasteiger partial charge in [-0.25, -0.2) is 9.78 Å². The van der Waals surface area contributed by atoms with Gasteiger partial charge in [0.1, 0.15) is 5.60 Å². The quantitative estimate of drug-likeness (QED) is 0.864. The first-order chi connectivity index (χ1) is 10.2. The van der Waals surface area contributed by atoms with Crippen LogP contribution in [0.15, 0.2) is 4.79 Å². The summed E-state index contributed by atoms with van der Waals surface area (Å²) in [6.45, 7) is 10.4. The maximum atomic E-state index is 11.8. The van der Waals surface area contributed by atoms with Crippen LogP contribution in [0.3, 0.4) is 0 Å². The van der Waals surface area contributed by atoms with E-state index in [1.807, 2.05) is 32.6 Å². The third-order valence-electron chi connectivity index (χ3n) is 3.59. The van der Waals surface area contributed by atoms with Gasteiger partial charge < -0.3 is 15.0 Å². The van der Waals surface area contributed by atoms with Crippen LogP contribution in [0.4, 0.5) is 10.7 Å². The normalized spacial score (nSPS) is 18.4. The molecule has 1 aliphatic heterocycles. The Morgan fingerprint density at radius 1 is 1.41 bits per heavy atom. The lowest BCUT2D eigenvalue weighted by Gasteiger charge is -2.22. The second kappa shape index (κ2) is 5.98. The fourth-order valence-electron chi connectivity index (χ4n) is 2.32. The number of hydrogen-bond donors (Lipinski definition) is 2. The average Bonchev–Trinajstić information content (AvgIpc) is 2.81. The Labute approximate surface area is 130 Å². The van der Waals surface area contributed by atoms with Crippen LogP contribution in [0.1, 0.15) is 38.4 Å². The van der Waals surface area contributed by atoms with Crippen molar-refractivity contribution in [1.29, 1.82) is 0 Å². The fourth-order valence-corrected chi connectivity index (χ4v) is 2.32. The summed E-state index contributed by atoms with van der Waals surface area (Å²) in [4.78, 5) is 32.8. The predicted octanol–water partition coefficient (Wildman–Crippen LogP) is 1.49. The van der Waals surface area contributed by atoms with Crippen molar-refractivity contribution in [2.45, 2.75) is 52.7 Å². The zero-order valence-corrected chi connectivity index (χ0v) is 13.8. The number of anilines is 1. The first-order valence-electron chi connectivity index (χ1n) is 7.47. The lowest BCUT2D eigenvalue weighted by molar-refractivity contribution is 0.0509. The third-order valence-corrected chi connectivity index (χ3v) is 3.59. The smallest absolute Gasteiger partial charge is 0.407 e. The molecular weight excluding hydrogens is 284 g/mol. The maximum Gasteiger partial charge on any atom is 0.407 e. The van der Waals surface area contributed by atoms with E-state index in [1.165, 1.54) is 0 Å². The molecule has 0 aliphatic carbocycles. The summed E-state index contributed by atoms with van der Waals surface area (Å²) in [5, 5.41) is 2.85. The number of aromatic amines is 1. The zero-order chi connectivity index (χ0) is 16.5. The topological polar surface area (TPSA) is 87.3 Å². The fraction of sp³-hybridized carbons (Fsp3) is 0.667. The number of hydrogen-bond acceptors (Lipinski definition) is 5. The monoisotopic (exact) mass is 308 g/mol. The van der Waals surface area contributed by atoms with Crippen LogP contribution in [-0.4, -0.2) is 40.8 Å². The van der Waals surface area contributed by atoms with Gasteiger partial charge in [-0.2, -0.15) is 0 Å². The summed E-state index contributed by atoms with van der Waals surface area (Å²) < 4.78 is 5.25. The van der Waals surface area contributed by atoms with Gasteiger partial charge in [0.05, 0.1) is 6.04 Å². The van der Waals surface area contributed by atoms with E-state index in [0.717, 1.165) is 18.7 Å². The zero-order valence-electron chi connectivity index (χ0n) is 13.8. The van der Waals surface area contributed by atoms with Gasteiger partial charge in [0, 0.05) is 24.3 Å². The molecule has 0 unspecified atom stereocenters. The summed E-state index contributed by atoms with van der Waals surface area (Å²) in [5.74, 6) is 0.557. The summed E-state index contributed by atoms with van der Waals surface area (Å²) in [6, 6.07) is -0.0123. The van der Waals surface area contributed by atoms with Crippen molar-refractivity contribution in [3.05, 3.63) is 21.6 Å². The molecule has 2 N–H and O–H groups in total. The van der Waals surface area contributed by atoms with Crippen LogP contribution in [0, 0.1) is 13.8 Å². The SMILES string of the molecule is Cc1nc(N2CC[C@H](NC(=O)OC(C)(C)C)C2)[nH]c(=O)c1C. The Morgan fingerprint density at radius 3 is 2.68 bits per heavy atom. The van der Waals surface area contributed by atoms with Crippen molar-refractivity contribution in [3.63, 3.8) is 0 Å². The minimum absolute atomic E-state index is 0.0123. The maximum absolute atomic E-state index is 11.8. The molecule has 1 saturated heterocycles. The first-order valence-corrected chi connectivity index (χ1v) is 7.47. The van der Waals surface area contributed by atoms with E-state index in [2.05, 4.69) is 15.3 Å². The van der Waals surface area contributed by atoms with Gasteiger partial charge in [-0.1, -0.05) is 0 Å². The van der Waals surface area contributed by atoms with Crippen molar-refractivity contribution in [1.82, 2.24) is 15.3 Å². The molecule has 0 saturated carbocycles. The highest BCUT2D eigenvalue weighted by molar-refractivity contribution is 5.68. The van der Waals surface area contributed by atoms with Gasteiger partial charge in [0.2, 0.25) is 5.95 Å². The highest BCUT2D eigenvalue weighted by Crippen LogP contribution is 2.16. The van der Waals surface area contributed by atoms with Crippen LogP contribution >= 0.6 is 0 Å². The van der Waals surface area contributed by atoms with Crippen molar-refractivity contribution in [2.24, 2.45) is 0 Å². The Morgan fingerprint density at radius 2 is 2.09 bits per heavy atom. The van der Waals surface area contributed by atoms with E-state index in [4.69, 9.17) is 4.74 Å². The molecule has 2 heterocycles. The molecule has 1 amide bonds. The number of alkyl carbamates (subject to hydrolysis) is 1. The van der Waals surface area contributed by atoms with Crippen LogP contribution in [-0.2, 0) is 4.74 Å². The summed E-state index contributed by atoms with van der Waals surface area (Å²) >= 11 is 0. The third kappa shape index (κ3) is 3.99. The number of amides is 1. The van der Waals surface area contributed by atoms with Crippen LogP contribution in [0.5, 0.6) is 0 Å². The molecule has 1 atom stereocenters. The number of carbonyl (C=O) groups excluding carboxylic acids is 1. The van der Waals surface area contributed by atoms with Crippen molar-refractivity contribution < 1.29 is 9.53 Å². The number of nitrogens with one attached hydrogen (secondary N) is 2. The molecular formula is C15H24N4O3. The van der Waals surface area contributed by atoms with E-state index in [0.29, 0.717) is 18.1 Å². The van der Waals surface area contributed by atoms with E-state index < -0.39 is 11.7 Å². The van der Waals surface area contributed by atoms with E-state index in [-0.39, 0.29) is 11.6 Å². The Balaban J connectivity index is 1.98. The molecule has 0 spiro atoms. The lowest BCUT2D eigenvalue weighted by atomic mass is 10.2. The minimum atomic E-state index is -0.511. The molecule has 0 aromatic carbocycles. The van der Waals surface area contributed by atoms with Gasteiger partial charge in [-0.05, 0) is 41.0 Å². The first kappa shape index (κ1) is 16.3. The number of aromatic nitrogens is 2. The summed E-state index contributed by atoms with van der Waals surface area (Å²) in [5.41, 5.74) is 0.725. The molecule has 1 fully saturated rings. The number of nitrogens with zero attached hydrogens (tertiary/aromatic N) is 2. The molecule has 0 bridgehead atoms.